The van der Waals surface area contributed by atoms with Gasteiger partial charge in [0.05, 0.1) is 16.2 Å². The number of carbonyl (C=O) groups is 1. The van der Waals surface area contributed by atoms with Gasteiger partial charge in [0.25, 0.3) is 11.9 Å². The Morgan fingerprint density at radius 2 is 1.90 bits per heavy atom. The number of hydrogen-bond donors (Lipinski definition) is 1. The Kier molecular flexibility index (Phi) is 5.32. The van der Waals surface area contributed by atoms with Crippen LogP contribution in [0.2, 0.25) is 5.02 Å². The van der Waals surface area contributed by atoms with E-state index in [1.54, 1.807) is 27.1 Å². The molecule has 1 N–H and O–H groups in total. The van der Waals surface area contributed by atoms with Crippen molar-refractivity contribution >= 4 is 34.4 Å². The summed E-state index contributed by atoms with van der Waals surface area (Å²) in [5.74, 6) is -0.143. The molecule has 0 unspecified atom stereocenters. The van der Waals surface area contributed by atoms with Crippen LogP contribution in [-0.4, -0.2) is 59.0 Å². The number of anilines is 1. The zero-order valence-corrected chi connectivity index (χ0v) is 17.5. The Bertz CT molecular complexity index is 1030. The molecule has 0 aliphatic carbocycles. The van der Waals surface area contributed by atoms with Gasteiger partial charge in [0.15, 0.2) is 11.8 Å². The van der Waals surface area contributed by atoms with Crippen LogP contribution >= 0.6 is 11.6 Å². The third-order valence-corrected chi connectivity index (χ3v) is 5.38. The fraction of sp³-hybridized carbons (Fsp3) is 0.381. The van der Waals surface area contributed by atoms with Gasteiger partial charge in [0.2, 0.25) is 0 Å². The smallest absolute Gasteiger partial charge is 0.296 e. The van der Waals surface area contributed by atoms with E-state index in [0.29, 0.717) is 21.9 Å². The number of imidazole rings is 1. The second kappa shape index (κ2) is 7.91. The number of benzene rings is 1. The molecule has 1 atom stereocenters. The van der Waals surface area contributed by atoms with Crippen molar-refractivity contribution in [3.8, 4) is 17.3 Å². The van der Waals surface area contributed by atoms with Gasteiger partial charge in [0.1, 0.15) is 0 Å². The molecule has 1 aromatic carbocycles. The molecule has 0 spiro atoms. The van der Waals surface area contributed by atoms with Crippen molar-refractivity contribution < 1.29 is 9.53 Å². The van der Waals surface area contributed by atoms with E-state index in [4.69, 9.17) is 16.3 Å². The normalized spacial score (nSPS) is 15.0. The van der Waals surface area contributed by atoms with Crippen molar-refractivity contribution in [1.29, 1.82) is 0 Å². The highest BCUT2D eigenvalue weighted by atomic mass is 35.5. The van der Waals surface area contributed by atoms with Gasteiger partial charge >= 0.3 is 0 Å². The molecule has 0 bridgehead atoms. The summed E-state index contributed by atoms with van der Waals surface area (Å²) in [5.41, 5.74) is 3.97. The number of amides is 1. The van der Waals surface area contributed by atoms with Crippen LogP contribution in [0.15, 0.2) is 30.3 Å². The molecule has 7 nitrogen and oxygen atoms in total. The van der Waals surface area contributed by atoms with Gasteiger partial charge in [-0.25, -0.2) is 4.98 Å². The average Bonchev–Trinajstić information content (AvgIpc) is 3.36. The summed E-state index contributed by atoms with van der Waals surface area (Å²) in [7, 11) is 3.37. The van der Waals surface area contributed by atoms with Crippen LogP contribution in [0.25, 0.3) is 22.4 Å². The van der Waals surface area contributed by atoms with Gasteiger partial charge in [-0.05, 0) is 38.0 Å². The molecule has 3 aromatic rings. The number of nitrogens with zero attached hydrogens (tertiary/aromatic N) is 4. The van der Waals surface area contributed by atoms with Crippen LogP contribution in [0.4, 0.5) is 5.69 Å². The van der Waals surface area contributed by atoms with E-state index >= 15 is 0 Å². The first kappa shape index (κ1) is 19.5. The number of aromatic nitrogens is 3. The summed E-state index contributed by atoms with van der Waals surface area (Å²) in [4.78, 5) is 27.9. The van der Waals surface area contributed by atoms with Crippen molar-refractivity contribution in [3.63, 3.8) is 0 Å². The molecule has 1 amide bonds. The third-order valence-electron chi connectivity index (χ3n) is 5.09. The van der Waals surface area contributed by atoms with Crippen LogP contribution in [-0.2, 0) is 4.79 Å². The number of fused-ring (bicyclic) bond motifs is 1. The van der Waals surface area contributed by atoms with Crippen molar-refractivity contribution in [2.45, 2.75) is 25.9 Å². The van der Waals surface area contributed by atoms with E-state index in [1.165, 1.54) is 23.4 Å². The molecule has 3 heterocycles. The van der Waals surface area contributed by atoms with Crippen LogP contribution in [0, 0.1) is 0 Å². The number of likely N-dealkylation sites (N-methyl/N-ethyl adjacent to an activating group) is 1. The topological polar surface area (TPSA) is 74.4 Å². The number of nitrogens with one attached hydrogen (secondary N) is 1. The predicted octanol–water partition coefficient (Wildman–Crippen LogP) is 3.73. The molecule has 8 heteroatoms. The Morgan fingerprint density at radius 3 is 2.55 bits per heavy atom. The number of rotatable bonds is 5. The Morgan fingerprint density at radius 1 is 1.21 bits per heavy atom. The molecule has 1 aliphatic rings. The van der Waals surface area contributed by atoms with Crippen LogP contribution in [0.5, 0.6) is 6.01 Å². The van der Waals surface area contributed by atoms with Gasteiger partial charge in [-0.3, -0.25) is 4.79 Å². The lowest BCUT2D eigenvalue weighted by Crippen LogP contribution is -2.35. The van der Waals surface area contributed by atoms with Gasteiger partial charge in [0, 0.05) is 38.4 Å². The van der Waals surface area contributed by atoms with E-state index in [1.807, 2.05) is 12.1 Å². The molecule has 2 aromatic heterocycles. The first-order valence-electron chi connectivity index (χ1n) is 9.72. The van der Waals surface area contributed by atoms with Gasteiger partial charge < -0.3 is 19.5 Å². The molecule has 0 saturated carbocycles. The zero-order valence-electron chi connectivity index (χ0n) is 16.8. The lowest BCUT2D eigenvalue weighted by Gasteiger charge is -2.17. The molecular formula is C21H24ClN5O2. The number of hydrogen-bond acceptors (Lipinski definition) is 5. The summed E-state index contributed by atoms with van der Waals surface area (Å²) in [6, 6.07) is 10.3. The molecular weight excluding hydrogens is 390 g/mol. The molecule has 1 aliphatic heterocycles. The summed E-state index contributed by atoms with van der Waals surface area (Å²) < 4.78 is 5.63. The lowest BCUT2D eigenvalue weighted by molar-refractivity contribution is -0.135. The summed E-state index contributed by atoms with van der Waals surface area (Å²) in [6.45, 7) is 3.90. The van der Waals surface area contributed by atoms with E-state index in [0.717, 1.165) is 18.7 Å². The Labute approximate surface area is 174 Å². The molecule has 1 fully saturated rings. The molecule has 4 rings (SSSR count). The van der Waals surface area contributed by atoms with Crippen molar-refractivity contribution in [3.05, 3.63) is 35.4 Å². The maximum absolute atomic E-state index is 12.0. The Hall–Kier alpha value is -2.80. The van der Waals surface area contributed by atoms with Gasteiger partial charge in [-0.1, -0.05) is 23.7 Å². The van der Waals surface area contributed by atoms with E-state index < -0.39 is 6.10 Å². The summed E-state index contributed by atoms with van der Waals surface area (Å²) in [5, 5.41) is 0.527. The number of aromatic amines is 1. The summed E-state index contributed by atoms with van der Waals surface area (Å²) >= 11 is 6.49. The lowest BCUT2D eigenvalue weighted by atomic mass is 10.1. The van der Waals surface area contributed by atoms with E-state index in [9.17, 15) is 4.79 Å². The van der Waals surface area contributed by atoms with Crippen LogP contribution < -0.4 is 9.64 Å². The fourth-order valence-electron chi connectivity index (χ4n) is 3.54. The van der Waals surface area contributed by atoms with E-state index in [2.05, 4.69) is 32.0 Å². The maximum Gasteiger partial charge on any atom is 0.296 e. The van der Waals surface area contributed by atoms with E-state index in [-0.39, 0.29) is 11.9 Å². The second-order valence-electron chi connectivity index (χ2n) is 7.47. The van der Waals surface area contributed by atoms with Crippen molar-refractivity contribution in [1.82, 2.24) is 19.9 Å². The number of ether oxygens (including phenoxy) is 1. The number of H-pyrrole nitrogens is 1. The quantitative estimate of drug-likeness (QED) is 0.689. The minimum absolute atomic E-state index is 0.143. The largest absolute Gasteiger partial charge is 0.452 e. The van der Waals surface area contributed by atoms with Crippen molar-refractivity contribution in [2.24, 2.45) is 0 Å². The molecule has 152 valence electrons. The van der Waals surface area contributed by atoms with Crippen LogP contribution in [0.1, 0.15) is 19.8 Å². The maximum atomic E-state index is 12.0. The monoisotopic (exact) mass is 413 g/mol. The highest BCUT2D eigenvalue weighted by Crippen LogP contribution is 2.31. The summed E-state index contributed by atoms with van der Waals surface area (Å²) in [6.07, 6.45) is 1.83. The SMILES string of the molecule is C[C@H](Oc1nc2nc(-c3ccc(N4CCCC4)cc3)c(Cl)cc2[nH]1)C(=O)N(C)C. The average molecular weight is 414 g/mol. The van der Waals surface area contributed by atoms with Gasteiger partial charge in [-0.15, -0.1) is 0 Å². The second-order valence-corrected chi connectivity index (χ2v) is 7.87. The number of pyridine rings is 1. The standard InChI is InChI=1S/C21H24ClN5O2/c1-13(20(28)26(2)3)29-21-23-17-12-16(22)18(24-19(17)25-21)14-6-8-15(9-7-14)27-10-4-5-11-27/h6-9,12-13H,4-5,10-11H2,1-3H3,(H,23,24,25)/t13-/m0/s1. The fourth-order valence-corrected chi connectivity index (χ4v) is 3.80. The first-order chi connectivity index (χ1) is 13.9. The van der Waals surface area contributed by atoms with Crippen molar-refractivity contribution in [2.75, 3.05) is 32.1 Å². The highest BCUT2D eigenvalue weighted by molar-refractivity contribution is 6.33. The number of halogens is 1. The molecule has 1 saturated heterocycles. The zero-order chi connectivity index (χ0) is 20.5. The highest BCUT2D eigenvalue weighted by Gasteiger charge is 2.19. The third kappa shape index (κ3) is 4.00. The molecule has 0 radical (unpaired) electrons. The minimum atomic E-state index is -0.654. The minimum Gasteiger partial charge on any atom is -0.452 e. The first-order valence-corrected chi connectivity index (χ1v) is 10.1. The molecule has 29 heavy (non-hydrogen) atoms. The Balaban J connectivity index is 1.59. The number of carbonyl (C=O) groups excluding carboxylic acids is 1. The predicted molar refractivity (Wildman–Crippen MR) is 115 cm³/mol. The van der Waals surface area contributed by atoms with Crippen LogP contribution in [0.3, 0.4) is 0 Å². The van der Waals surface area contributed by atoms with Gasteiger partial charge in [-0.2, -0.15) is 4.98 Å².